The highest BCUT2D eigenvalue weighted by Gasteiger charge is 2.69. The fraction of sp³-hybridized carbons (Fsp3) is 0.714. The molecule has 5 aliphatic rings. The molecule has 2 amide bonds. The molecule has 8 unspecified atom stereocenters. The molecule has 6 bridgehead atoms. The molecule has 5 rings (SSSR count). The second kappa shape index (κ2) is 4.82. The van der Waals surface area contributed by atoms with E-state index >= 15 is 0 Å². The number of carbonyl (C=O) groups excluding carboxylic acids is 4. The lowest BCUT2D eigenvalue weighted by molar-refractivity contribution is -0.224. The van der Waals surface area contributed by atoms with Gasteiger partial charge in [-0.05, 0) is 20.3 Å². The van der Waals surface area contributed by atoms with E-state index in [1.807, 2.05) is 0 Å². The van der Waals surface area contributed by atoms with Gasteiger partial charge in [0.05, 0.1) is 18.0 Å². The van der Waals surface area contributed by atoms with Crippen molar-refractivity contribution in [2.75, 3.05) is 0 Å². The first kappa shape index (κ1) is 15.6. The molecule has 8 atom stereocenters. The average molecular weight is 336 g/mol. The molecule has 130 valence electrons. The first-order valence-electron chi connectivity index (χ1n) is 8.00. The highest BCUT2D eigenvalue weighted by Crippen LogP contribution is 2.48. The van der Waals surface area contributed by atoms with Gasteiger partial charge in [0.15, 0.2) is 5.78 Å². The minimum Gasteiger partial charge on any atom is -0.300 e. The van der Waals surface area contributed by atoms with Gasteiger partial charge < -0.3 is 0 Å². The average Bonchev–Trinajstić information content (AvgIpc) is 2.85. The van der Waals surface area contributed by atoms with E-state index in [0.717, 1.165) is 0 Å². The van der Waals surface area contributed by atoms with Crippen molar-refractivity contribution in [2.45, 2.75) is 58.4 Å². The summed E-state index contributed by atoms with van der Waals surface area (Å²) in [4.78, 5) is 49.2. The third kappa shape index (κ3) is 1.68. The topological polar surface area (TPSA) is 96.5 Å². The van der Waals surface area contributed by atoms with Crippen LogP contribution in [0.25, 0.3) is 0 Å². The molecule has 0 spiro atoms. The van der Waals surface area contributed by atoms with E-state index in [1.165, 1.54) is 37.8 Å². The van der Waals surface area contributed by atoms with E-state index < -0.39 is 18.1 Å². The van der Waals surface area contributed by atoms with E-state index in [0.29, 0.717) is 6.42 Å². The van der Waals surface area contributed by atoms with Crippen LogP contribution in [0.2, 0.25) is 0 Å². The summed E-state index contributed by atoms with van der Waals surface area (Å²) >= 11 is 0. The molecule has 0 aliphatic carbocycles. The molecule has 10 heteroatoms. The first-order chi connectivity index (χ1) is 11.3. The number of amides is 2. The van der Waals surface area contributed by atoms with Gasteiger partial charge >= 0.3 is 0 Å². The Morgan fingerprint density at radius 2 is 1.54 bits per heavy atom. The maximum Gasteiger partial charge on any atom is 0.250 e. The first-order valence-corrected chi connectivity index (χ1v) is 8.00. The molecule has 0 aromatic heterocycles. The van der Waals surface area contributed by atoms with Gasteiger partial charge in [0.2, 0.25) is 11.8 Å². The number of hydrazine groups is 5. The van der Waals surface area contributed by atoms with Gasteiger partial charge in [0.1, 0.15) is 18.0 Å². The Morgan fingerprint density at radius 3 is 2.04 bits per heavy atom. The third-order valence-corrected chi connectivity index (χ3v) is 5.37. The predicted molar refractivity (Wildman–Crippen MR) is 78.3 cm³/mol. The van der Waals surface area contributed by atoms with Gasteiger partial charge in [0, 0.05) is 13.8 Å². The molecule has 0 aromatic rings. The second-order valence-corrected chi connectivity index (χ2v) is 6.82. The Morgan fingerprint density at radius 1 is 0.875 bits per heavy atom. The lowest BCUT2D eigenvalue weighted by Crippen LogP contribution is -2.68. The Balaban J connectivity index is 1.93. The summed E-state index contributed by atoms with van der Waals surface area (Å²) in [5.41, 5.74) is 3.06. The smallest absolute Gasteiger partial charge is 0.250 e. The fourth-order valence-corrected chi connectivity index (χ4v) is 4.68. The number of hydrogen-bond acceptors (Lipinski definition) is 8. The zero-order valence-electron chi connectivity index (χ0n) is 14.0. The molecular weight excluding hydrogens is 316 g/mol. The normalized spacial score (nSPS) is 44.8. The van der Waals surface area contributed by atoms with Gasteiger partial charge in [-0.15, -0.1) is 15.8 Å². The number of hydrogen-bond donors (Lipinski definition) is 1. The van der Waals surface area contributed by atoms with Crippen LogP contribution < -0.4 is 5.53 Å². The zero-order valence-corrected chi connectivity index (χ0v) is 14.0. The minimum atomic E-state index is -0.687. The van der Waals surface area contributed by atoms with Crippen molar-refractivity contribution in [3.63, 3.8) is 0 Å². The summed E-state index contributed by atoms with van der Waals surface area (Å²) in [7, 11) is 0. The van der Waals surface area contributed by atoms with Crippen molar-refractivity contribution >= 4 is 23.4 Å². The lowest BCUT2D eigenvalue weighted by Gasteiger charge is -2.43. The van der Waals surface area contributed by atoms with E-state index in [9.17, 15) is 19.2 Å². The van der Waals surface area contributed by atoms with E-state index in [2.05, 4.69) is 5.53 Å². The van der Waals surface area contributed by atoms with Crippen molar-refractivity contribution in [3.05, 3.63) is 0 Å². The number of carbonyl (C=O) groups is 4. The number of nitrogens with zero attached hydrogens (tertiary/aromatic N) is 5. The van der Waals surface area contributed by atoms with Crippen molar-refractivity contribution in [1.82, 2.24) is 30.9 Å². The summed E-state index contributed by atoms with van der Waals surface area (Å²) in [6, 6.07) is -1.06. The molecule has 5 saturated heterocycles. The van der Waals surface area contributed by atoms with Crippen molar-refractivity contribution < 1.29 is 19.2 Å². The quantitative estimate of drug-likeness (QED) is 0.646. The summed E-state index contributed by atoms with van der Waals surface area (Å²) < 4.78 is 0. The maximum absolute atomic E-state index is 12.4. The van der Waals surface area contributed by atoms with Crippen molar-refractivity contribution in [2.24, 2.45) is 5.92 Å². The molecular formula is C14H20N6O4. The monoisotopic (exact) mass is 336 g/mol. The Labute approximate surface area is 138 Å². The molecule has 0 radical (unpaired) electrons. The molecule has 24 heavy (non-hydrogen) atoms. The van der Waals surface area contributed by atoms with E-state index in [1.54, 1.807) is 15.2 Å². The molecule has 5 fully saturated rings. The Kier molecular flexibility index (Phi) is 3.14. The van der Waals surface area contributed by atoms with E-state index in [-0.39, 0.29) is 35.5 Å². The highest BCUT2D eigenvalue weighted by atomic mass is 16.2. The standard InChI is InChI=1S/C14H20N6O4/c1-6(21)12-10-5-11-13(7(2)22)17-14(12)16(8(3)23)18(10)15-19(11)20(17)9(4)24/h10-15H,5H2,1-4H3. The number of nitrogens with one attached hydrogen (secondary N) is 1. The summed E-state index contributed by atoms with van der Waals surface area (Å²) in [5.74, 6) is -1.18. The number of Topliss-reactive ketones (excluding diaryl/α,β-unsaturated/α-hetero) is 2. The number of rotatable bonds is 2. The molecule has 5 heterocycles. The van der Waals surface area contributed by atoms with Crippen LogP contribution in [0.3, 0.4) is 0 Å². The van der Waals surface area contributed by atoms with Crippen LogP contribution in [0.4, 0.5) is 0 Å². The van der Waals surface area contributed by atoms with Crippen molar-refractivity contribution in [1.29, 1.82) is 0 Å². The van der Waals surface area contributed by atoms with Crippen LogP contribution in [0.5, 0.6) is 0 Å². The largest absolute Gasteiger partial charge is 0.300 e. The van der Waals surface area contributed by atoms with Crippen LogP contribution >= 0.6 is 0 Å². The van der Waals surface area contributed by atoms with Crippen LogP contribution in [0, 0.1) is 5.92 Å². The lowest BCUT2D eigenvalue weighted by atomic mass is 9.90. The van der Waals surface area contributed by atoms with Gasteiger partial charge in [-0.2, -0.15) is 10.1 Å². The van der Waals surface area contributed by atoms with E-state index in [4.69, 9.17) is 0 Å². The van der Waals surface area contributed by atoms with Crippen molar-refractivity contribution in [3.8, 4) is 0 Å². The molecule has 0 saturated carbocycles. The van der Waals surface area contributed by atoms with Gasteiger partial charge in [-0.3, -0.25) is 19.2 Å². The number of ketones is 2. The predicted octanol–water partition coefficient (Wildman–Crippen LogP) is -1.58. The van der Waals surface area contributed by atoms with Gasteiger partial charge in [-0.1, -0.05) is 0 Å². The highest BCUT2D eigenvalue weighted by molar-refractivity contribution is 5.86. The van der Waals surface area contributed by atoms with Crippen LogP contribution in [-0.2, 0) is 19.2 Å². The van der Waals surface area contributed by atoms with Gasteiger partial charge in [-0.25, -0.2) is 5.01 Å². The summed E-state index contributed by atoms with van der Waals surface area (Å²) in [6.07, 6.45) is -0.171. The SMILES string of the molecule is CC(=O)C1C2CC3C(C(C)=O)N4C1N(C(C)=O)N2NN3N4C(C)=O. The second-order valence-electron chi connectivity index (χ2n) is 6.82. The Hall–Kier alpha value is -1.88. The van der Waals surface area contributed by atoms with Gasteiger partial charge in [0.25, 0.3) is 0 Å². The molecule has 5 aliphatic heterocycles. The summed E-state index contributed by atoms with van der Waals surface area (Å²) in [5, 5.41) is 7.68. The van der Waals surface area contributed by atoms with Crippen LogP contribution in [-0.4, -0.2) is 73.0 Å². The maximum atomic E-state index is 12.4. The molecule has 10 nitrogen and oxygen atoms in total. The molecule has 1 N–H and O–H groups in total. The Bertz CT molecular complexity index is 560. The van der Waals surface area contributed by atoms with Crippen LogP contribution in [0.15, 0.2) is 0 Å². The zero-order chi connectivity index (χ0) is 17.5. The fourth-order valence-electron chi connectivity index (χ4n) is 4.68. The van der Waals surface area contributed by atoms with Crippen LogP contribution in [0.1, 0.15) is 34.1 Å². The third-order valence-electron chi connectivity index (χ3n) is 5.37. The molecule has 0 aromatic carbocycles. The summed E-state index contributed by atoms with van der Waals surface area (Å²) in [6.45, 7) is 5.78. The minimum absolute atomic E-state index is 0.0626.